The minimum atomic E-state index is -0.0166. The lowest BCUT2D eigenvalue weighted by Gasteiger charge is -2.14. The van der Waals surface area contributed by atoms with Crippen molar-refractivity contribution in [3.05, 3.63) is 66.9 Å². The summed E-state index contributed by atoms with van der Waals surface area (Å²) in [7, 11) is 3.66. The minimum Gasteiger partial charge on any atom is -0.309 e. The van der Waals surface area contributed by atoms with Gasteiger partial charge in [0.05, 0.1) is 22.2 Å². The van der Waals surface area contributed by atoms with Crippen LogP contribution in [0, 0.1) is 11.8 Å². The third-order valence-electron chi connectivity index (χ3n) is 8.59. The first-order chi connectivity index (χ1) is 20.3. The van der Waals surface area contributed by atoms with E-state index in [0.29, 0.717) is 23.0 Å². The molecule has 0 aliphatic carbocycles. The summed E-state index contributed by atoms with van der Waals surface area (Å²) in [5, 5.41) is 4.41. The van der Waals surface area contributed by atoms with Crippen LogP contribution in [0.1, 0.15) is 104 Å². The molecule has 4 rings (SSSR count). The smallest absolute Gasteiger partial charge is 0.259 e. The van der Waals surface area contributed by atoms with E-state index in [1.165, 1.54) is 62.5 Å². The first-order valence-electron chi connectivity index (χ1n) is 16.2. The Kier molecular flexibility index (Phi) is 13.3. The largest absolute Gasteiger partial charge is 0.309 e. The van der Waals surface area contributed by atoms with Gasteiger partial charge in [0.2, 0.25) is 0 Å². The average Bonchev–Trinajstić information content (AvgIpc) is 3.67. The highest BCUT2D eigenvalue weighted by Crippen LogP contribution is 2.32. The molecular formula is C36H52N2O2S2. The number of rotatable bonds is 14. The minimum absolute atomic E-state index is 0.0166. The molecule has 4 aromatic rings. The molecule has 0 aliphatic rings. The molecule has 0 aliphatic heterocycles. The standard InChI is InChI=1S/C34H46N2O2S2.C2H6/c1-7-11-13-23(9-3)15-25-17-31(39-21-25)27-19-29-30(35(5)33(27)37)20-28(34(38)36(29)6)32-18-26(22-40-32)16-24(10-4)14-12-8-2;1-2/h17-24H,7-16H2,1-6H3;1-2H3. The molecule has 4 heterocycles. The topological polar surface area (TPSA) is 44.0 Å². The van der Waals surface area contributed by atoms with Crippen molar-refractivity contribution in [3.63, 3.8) is 0 Å². The van der Waals surface area contributed by atoms with Gasteiger partial charge in [-0.2, -0.15) is 0 Å². The second-order valence-corrected chi connectivity index (χ2v) is 13.3. The van der Waals surface area contributed by atoms with Crippen molar-refractivity contribution in [2.45, 2.75) is 106 Å². The fourth-order valence-corrected chi connectivity index (χ4v) is 7.69. The van der Waals surface area contributed by atoms with Crippen LogP contribution in [0.15, 0.2) is 44.6 Å². The third-order valence-corrected chi connectivity index (χ3v) is 10.6. The predicted octanol–water partition coefficient (Wildman–Crippen LogP) is 10.2. The van der Waals surface area contributed by atoms with E-state index in [1.54, 1.807) is 31.8 Å². The third kappa shape index (κ3) is 7.93. The van der Waals surface area contributed by atoms with Crippen LogP contribution in [-0.2, 0) is 26.9 Å². The van der Waals surface area contributed by atoms with E-state index >= 15 is 0 Å². The van der Waals surface area contributed by atoms with Crippen molar-refractivity contribution >= 4 is 33.7 Å². The highest BCUT2D eigenvalue weighted by atomic mass is 32.1. The highest BCUT2D eigenvalue weighted by Gasteiger charge is 2.18. The Hall–Kier alpha value is -2.44. The van der Waals surface area contributed by atoms with Gasteiger partial charge in [-0.1, -0.05) is 92.9 Å². The van der Waals surface area contributed by atoms with Gasteiger partial charge in [-0.25, -0.2) is 0 Å². The van der Waals surface area contributed by atoms with Gasteiger partial charge in [0.15, 0.2) is 0 Å². The van der Waals surface area contributed by atoms with Gasteiger partial charge in [0, 0.05) is 23.8 Å². The normalized spacial score (nSPS) is 12.8. The molecule has 0 aromatic carbocycles. The molecule has 6 heteroatoms. The van der Waals surface area contributed by atoms with Crippen LogP contribution >= 0.6 is 22.7 Å². The molecule has 0 bridgehead atoms. The molecule has 4 nitrogen and oxygen atoms in total. The Morgan fingerprint density at radius 3 is 1.36 bits per heavy atom. The summed E-state index contributed by atoms with van der Waals surface area (Å²) in [5.41, 5.74) is 5.51. The van der Waals surface area contributed by atoms with Gasteiger partial charge in [-0.15, -0.1) is 22.7 Å². The SMILES string of the molecule is CC.CCCCC(CC)Cc1csc(-c2cc3c(cc(-c4cc(CC(CC)CCCC)cs4)c(=O)n3C)n(C)c2=O)c1. The van der Waals surface area contributed by atoms with E-state index in [-0.39, 0.29) is 11.1 Å². The van der Waals surface area contributed by atoms with Gasteiger partial charge in [0.1, 0.15) is 0 Å². The van der Waals surface area contributed by atoms with Gasteiger partial charge in [-0.05, 0) is 70.8 Å². The lowest BCUT2D eigenvalue weighted by molar-refractivity contribution is 0.449. The number of nitrogens with zero attached hydrogens (tertiary/aromatic N) is 2. The molecular weight excluding hydrogens is 557 g/mol. The van der Waals surface area contributed by atoms with Gasteiger partial charge >= 0.3 is 0 Å². The van der Waals surface area contributed by atoms with E-state index in [2.05, 4.69) is 50.6 Å². The lowest BCUT2D eigenvalue weighted by atomic mass is 9.93. The highest BCUT2D eigenvalue weighted by molar-refractivity contribution is 7.14. The molecule has 42 heavy (non-hydrogen) atoms. The van der Waals surface area contributed by atoms with Crippen molar-refractivity contribution in [3.8, 4) is 20.9 Å². The Balaban J connectivity index is 0.00000237. The molecule has 0 saturated heterocycles. The number of aryl methyl sites for hydroxylation is 2. The summed E-state index contributed by atoms with van der Waals surface area (Å²) in [4.78, 5) is 29.1. The van der Waals surface area contributed by atoms with Crippen LogP contribution in [0.5, 0.6) is 0 Å². The first kappa shape index (κ1) is 34.1. The van der Waals surface area contributed by atoms with Crippen molar-refractivity contribution in [2.75, 3.05) is 0 Å². The van der Waals surface area contributed by atoms with Crippen LogP contribution in [-0.4, -0.2) is 9.13 Å². The predicted molar refractivity (Wildman–Crippen MR) is 186 cm³/mol. The van der Waals surface area contributed by atoms with Crippen molar-refractivity contribution in [2.24, 2.45) is 25.9 Å². The Morgan fingerprint density at radius 1 is 0.643 bits per heavy atom. The number of hydrogen-bond acceptors (Lipinski definition) is 4. The average molecular weight is 609 g/mol. The summed E-state index contributed by atoms with van der Waals surface area (Å²) >= 11 is 3.27. The molecule has 4 aromatic heterocycles. The van der Waals surface area contributed by atoms with E-state index in [0.717, 1.165) is 33.6 Å². The van der Waals surface area contributed by atoms with Crippen molar-refractivity contribution < 1.29 is 0 Å². The van der Waals surface area contributed by atoms with Crippen molar-refractivity contribution in [1.82, 2.24) is 9.13 Å². The molecule has 0 saturated carbocycles. The maximum atomic E-state index is 13.6. The molecule has 0 amide bonds. The lowest BCUT2D eigenvalue weighted by Crippen LogP contribution is -2.24. The summed E-state index contributed by atoms with van der Waals surface area (Å²) < 4.78 is 3.44. The number of hydrogen-bond donors (Lipinski definition) is 0. The fraction of sp³-hybridized carbons (Fsp3) is 0.556. The monoisotopic (exact) mass is 608 g/mol. The zero-order valence-corrected chi connectivity index (χ0v) is 28.9. The fourth-order valence-electron chi connectivity index (χ4n) is 5.82. The quantitative estimate of drug-likeness (QED) is 0.143. The number of fused-ring (bicyclic) bond motifs is 1. The molecule has 230 valence electrons. The van der Waals surface area contributed by atoms with E-state index in [4.69, 9.17) is 0 Å². The van der Waals surface area contributed by atoms with Crippen molar-refractivity contribution in [1.29, 1.82) is 0 Å². The molecule has 0 fully saturated rings. The first-order valence-corrected chi connectivity index (χ1v) is 18.0. The van der Waals surface area contributed by atoms with Crippen LogP contribution < -0.4 is 11.1 Å². The number of thiophene rings is 2. The van der Waals surface area contributed by atoms with E-state index in [9.17, 15) is 9.59 Å². The Bertz CT molecular complexity index is 1420. The summed E-state index contributed by atoms with van der Waals surface area (Å²) in [6.07, 6.45) is 12.0. The summed E-state index contributed by atoms with van der Waals surface area (Å²) in [5.74, 6) is 1.37. The van der Waals surface area contributed by atoms with Gasteiger partial charge in [0.25, 0.3) is 11.1 Å². The number of unbranched alkanes of at least 4 members (excludes halogenated alkanes) is 2. The maximum absolute atomic E-state index is 13.6. The number of aromatic nitrogens is 2. The zero-order chi connectivity index (χ0) is 30.8. The zero-order valence-electron chi connectivity index (χ0n) is 27.2. The Morgan fingerprint density at radius 2 is 1.02 bits per heavy atom. The second kappa shape index (κ2) is 16.4. The molecule has 2 atom stereocenters. The number of pyridine rings is 2. The summed E-state index contributed by atoms with van der Waals surface area (Å²) in [6.45, 7) is 13.0. The van der Waals surface area contributed by atoms with Crippen LogP contribution in [0.2, 0.25) is 0 Å². The maximum Gasteiger partial charge on any atom is 0.259 e. The van der Waals surface area contributed by atoms with E-state index in [1.807, 2.05) is 40.1 Å². The van der Waals surface area contributed by atoms with E-state index < -0.39 is 0 Å². The van der Waals surface area contributed by atoms with Crippen LogP contribution in [0.4, 0.5) is 0 Å². The molecule has 2 unspecified atom stereocenters. The molecule has 0 N–H and O–H groups in total. The Labute approximate surface area is 261 Å². The van der Waals surface area contributed by atoms with Crippen LogP contribution in [0.3, 0.4) is 0 Å². The van der Waals surface area contributed by atoms with Gasteiger partial charge in [-0.3, -0.25) is 9.59 Å². The summed E-state index contributed by atoms with van der Waals surface area (Å²) in [6, 6.07) is 8.22. The van der Waals surface area contributed by atoms with Crippen LogP contribution in [0.25, 0.3) is 31.9 Å². The molecule has 0 spiro atoms. The van der Waals surface area contributed by atoms with Gasteiger partial charge < -0.3 is 9.13 Å². The second-order valence-electron chi connectivity index (χ2n) is 11.5. The molecule has 0 radical (unpaired) electrons.